The summed E-state index contributed by atoms with van der Waals surface area (Å²) in [5.74, 6) is -0.169. The number of methoxy groups -OCH3 is 1. The van der Waals surface area contributed by atoms with Crippen molar-refractivity contribution in [2.24, 2.45) is 0 Å². The number of hydrogen-bond donors (Lipinski definition) is 2. The minimum Gasteiger partial charge on any atom is -0.465 e. The molecule has 6 heteroatoms. The Morgan fingerprint density at radius 2 is 2.09 bits per heavy atom. The van der Waals surface area contributed by atoms with Gasteiger partial charge in [-0.05, 0) is 30.3 Å². The van der Waals surface area contributed by atoms with Gasteiger partial charge in [0.05, 0.1) is 12.7 Å². The molecule has 0 unspecified atom stereocenters. The lowest BCUT2D eigenvalue weighted by Crippen LogP contribution is -2.13. The summed E-state index contributed by atoms with van der Waals surface area (Å²) in [6.07, 6.45) is 3.25. The fourth-order valence-corrected chi connectivity index (χ4v) is 1.89. The normalized spacial score (nSPS) is 9.78. The molecule has 0 saturated carbocycles. The maximum Gasteiger partial charge on any atom is 0.337 e. The average molecular weight is 311 g/mol. The van der Waals surface area contributed by atoms with Gasteiger partial charge in [-0.25, -0.2) is 9.78 Å². The second-order valence-corrected chi connectivity index (χ2v) is 4.63. The highest BCUT2D eigenvalue weighted by molar-refractivity contribution is 6.05. The van der Waals surface area contributed by atoms with E-state index in [1.54, 1.807) is 48.7 Å². The van der Waals surface area contributed by atoms with E-state index in [9.17, 15) is 9.59 Å². The summed E-state index contributed by atoms with van der Waals surface area (Å²) in [4.78, 5) is 27.9. The highest BCUT2D eigenvalue weighted by atomic mass is 16.5. The van der Waals surface area contributed by atoms with Crippen LogP contribution in [0.3, 0.4) is 0 Å². The molecule has 6 nitrogen and oxygen atoms in total. The Bertz CT molecular complexity index is 729. The average Bonchev–Trinajstić information content (AvgIpc) is 2.59. The van der Waals surface area contributed by atoms with Crippen molar-refractivity contribution in [2.45, 2.75) is 0 Å². The smallest absolute Gasteiger partial charge is 0.337 e. The third-order valence-corrected chi connectivity index (χ3v) is 2.99. The highest BCUT2D eigenvalue weighted by Crippen LogP contribution is 2.14. The first-order valence-electron chi connectivity index (χ1n) is 6.94. The van der Waals surface area contributed by atoms with Gasteiger partial charge in [0, 0.05) is 24.0 Å². The number of carbonyl (C=O) groups excluding carboxylic acids is 2. The number of nitrogens with zero attached hydrogens (tertiary/aromatic N) is 1. The Hall–Kier alpha value is -3.15. The van der Waals surface area contributed by atoms with E-state index >= 15 is 0 Å². The van der Waals surface area contributed by atoms with E-state index in [1.165, 1.54) is 7.11 Å². The van der Waals surface area contributed by atoms with Crippen molar-refractivity contribution in [3.8, 4) is 0 Å². The Morgan fingerprint density at radius 1 is 1.26 bits per heavy atom. The van der Waals surface area contributed by atoms with Crippen molar-refractivity contribution >= 4 is 23.4 Å². The summed E-state index contributed by atoms with van der Waals surface area (Å²) >= 11 is 0. The van der Waals surface area contributed by atoms with Crippen LogP contribution in [0, 0.1) is 0 Å². The van der Waals surface area contributed by atoms with E-state index < -0.39 is 5.97 Å². The summed E-state index contributed by atoms with van der Waals surface area (Å²) < 4.78 is 4.66. The van der Waals surface area contributed by atoms with Gasteiger partial charge < -0.3 is 15.4 Å². The lowest BCUT2D eigenvalue weighted by molar-refractivity contribution is 0.0600. The van der Waals surface area contributed by atoms with Crippen molar-refractivity contribution in [3.05, 3.63) is 66.4 Å². The number of amides is 1. The molecule has 1 aromatic heterocycles. The molecule has 23 heavy (non-hydrogen) atoms. The molecule has 0 spiro atoms. The number of esters is 1. The maximum atomic E-state index is 12.3. The van der Waals surface area contributed by atoms with Crippen molar-refractivity contribution in [1.29, 1.82) is 0 Å². The van der Waals surface area contributed by atoms with Gasteiger partial charge in [0.1, 0.15) is 5.82 Å². The first-order chi connectivity index (χ1) is 11.1. The summed E-state index contributed by atoms with van der Waals surface area (Å²) in [6, 6.07) is 9.79. The van der Waals surface area contributed by atoms with Gasteiger partial charge in [-0.15, -0.1) is 6.58 Å². The minimum atomic E-state index is -0.457. The van der Waals surface area contributed by atoms with E-state index in [4.69, 9.17) is 0 Å². The van der Waals surface area contributed by atoms with Gasteiger partial charge in [0.2, 0.25) is 0 Å². The third kappa shape index (κ3) is 4.41. The molecule has 0 aliphatic heterocycles. The first kappa shape index (κ1) is 16.2. The molecule has 0 bridgehead atoms. The van der Waals surface area contributed by atoms with Crippen LogP contribution in [0.5, 0.6) is 0 Å². The Labute approximate surface area is 134 Å². The summed E-state index contributed by atoms with van der Waals surface area (Å²) in [5, 5.41) is 5.75. The molecule has 1 amide bonds. The van der Waals surface area contributed by atoms with Gasteiger partial charge >= 0.3 is 5.97 Å². The van der Waals surface area contributed by atoms with E-state index in [-0.39, 0.29) is 5.91 Å². The Balaban J connectivity index is 2.12. The maximum absolute atomic E-state index is 12.3. The minimum absolute atomic E-state index is 0.295. The van der Waals surface area contributed by atoms with E-state index in [1.807, 2.05) is 0 Å². The number of aromatic nitrogens is 1. The molecule has 0 atom stereocenters. The van der Waals surface area contributed by atoms with Crippen molar-refractivity contribution in [3.63, 3.8) is 0 Å². The Morgan fingerprint density at radius 3 is 2.83 bits per heavy atom. The quantitative estimate of drug-likeness (QED) is 0.633. The number of benzene rings is 1. The molecule has 1 heterocycles. The molecule has 0 aliphatic rings. The fraction of sp³-hybridized carbons (Fsp3) is 0.118. The van der Waals surface area contributed by atoms with Gasteiger partial charge in [0.15, 0.2) is 0 Å². The largest absolute Gasteiger partial charge is 0.465 e. The fourth-order valence-electron chi connectivity index (χ4n) is 1.89. The second kappa shape index (κ2) is 7.74. The molecule has 0 fully saturated rings. The summed E-state index contributed by atoms with van der Waals surface area (Å²) in [7, 11) is 1.31. The van der Waals surface area contributed by atoms with Crippen LogP contribution in [0.15, 0.2) is 55.3 Å². The Kier molecular flexibility index (Phi) is 5.46. The molecule has 0 radical (unpaired) electrons. The zero-order valence-electron chi connectivity index (χ0n) is 12.7. The second-order valence-electron chi connectivity index (χ2n) is 4.63. The topological polar surface area (TPSA) is 80.3 Å². The van der Waals surface area contributed by atoms with E-state index in [0.29, 0.717) is 29.2 Å². The molecule has 0 aliphatic carbocycles. The predicted octanol–water partition coefficient (Wildman–Crippen LogP) is 2.72. The third-order valence-electron chi connectivity index (χ3n) is 2.99. The lowest BCUT2D eigenvalue weighted by atomic mass is 10.2. The number of ether oxygens (including phenoxy) is 1. The van der Waals surface area contributed by atoms with Gasteiger partial charge in [0.25, 0.3) is 5.91 Å². The number of pyridine rings is 1. The predicted molar refractivity (Wildman–Crippen MR) is 88.7 cm³/mol. The number of rotatable bonds is 6. The van der Waals surface area contributed by atoms with Gasteiger partial charge in [-0.2, -0.15) is 0 Å². The van der Waals surface area contributed by atoms with Crippen LogP contribution in [0.25, 0.3) is 0 Å². The molecule has 1 aromatic carbocycles. The monoisotopic (exact) mass is 311 g/mol. The van der Waals surface area contributed by atoms with Gasteiger partial charge in [-0.3, -0.25) is 4.79 Å². The molecular weight excluding hydrogens is 294 g/mol. The summed E-state index contributed by atoms with van der Waals surface area (Å²) in [6.45, 7) is 4.17. The van der Waals surface area contributed by atoms with Crippen LogP contribution in [0.2, 0.25) is 0 Å². The number of nitrogens with one attached hydrogen (secondary N) is 2. The summed E-state index contributed by atoms with van der Waals surface area (Å²) in [5.41, 5.74) is 1.33. The molecule has 118 valence electrons. The molecule has 2 N–H and O–H groups in total. The zero-order chi connectivity index (χ0) is 16.7. The molecular formula is C17H17N3O3. The zero-order valence-corrected chi connectivity index (χ0v) is 12.7. The first-order valence-corrected chi connectivity index (χ1v) is 6.94. The van der Waals surface area contributed by atoms with E-state index in [0.717, 1.165) is 0 Å². The van der Waals surface area contributed by atoms with Crippen molar-refractivity contribution in [1.82, 2.24) is 4.98 Å². The SMILES string of the molecule is C=CCNc1cc(C(=O)Nc2cccc(C(=O)OC)c2)ccn1. The highest BCUT2D eigenvalue weighted by Gasteiger charge is 2.10. The van der Waals surface area contributed by atoms with Crippen LogP contribution in [-0.4, -0.2) is 30.5 Å². The van der Waals surface area contributed by atoms with Crippen LogP contribution in [-0.2, 0) is 4.74 Å². The number of hydrogen-bond acceptors (Lipinski definition) is 5. The van der Waals surface area contributed by atoms with Crippen LogP contribution in [0.4, 0.5) is 11.5 Å². The molecule has 2 aromatic rings. The number of anilines is 2. The number of carbonyl (C=O) groups is 2. The molecule has 2 rings (SSSR count). The van der Waals surface area contributed by atoms with Crippen LogP contribution in [0.1, 0.15) is 20.7 Å². The van der Waals surface area contributed by atoms with E-state index in [2.05, 4.69) is 26.9 Å². The van der Waals surface area contributed by atoms with Gasteiger partial charge in [-0.1, -0.05) is 12.1 Å². The van der Waals surface area contributed by atoms with Crippen molar-refractivity contribution < 1.29 is 14.3 Å². The lowest BCUT2D eigenvalue weighted by Gasteiger charge is -2.08. The van der Waals surface area contributed by atoms with Crippen LogP contribution < -0.4 is 10.6 Å². The standard InChI is InChI=1S/C17H17N3O3/c1-3-8-18-15-11-12(7-9-19-15)16(21)20-14-6-4-5-13(10-14)17(22)23-2/h3-7,9-11H,1,8H2,2H3,(H,18,19)(H,20,21). The van der Waals surface area contributed by atoms with Crippen LogP contribution >= 0.6 is 0 Å². The van der Waals surface area contributed by atoms with Crippen molar-refractivity contribution in [2.75, 3.05) is 24.3 Å². The molecule has 0 saturated heterocycles.